The number of amides is 1. The summed E-state index contributed by atoms with van der Waals surface area (Å²) in [7, 11) is 0. The Bertz CT molecular complexity index is 431. The second kappa shape index (κ2) is 13.8. The highest BCUT2D eigenvalue weighted by molar-refractivity contribution is 5.94. The Balaban J connectivity index is 2.16. The van der Waals surface area contributed by atoms with E-state index in [1.165, 1.54) is 32.1 Å². The first kappa shape index (κ1) is 20.5. The number of hydrogen-bond donors (Lipinski definition) is 2. The molecule has 0 saturated heterocycles. The number of nitrogens with one attached hydrogen (secondary N) is 1. The molecule has 0 spiro atoms. The molecule has 0 aliphatic heterocycles. The summed E-state index contributed by atoms with van der Waals surface area (Å²) in [5.41, 5.74) is 0.657. The molecule has 2 N–H and O–H groups in total. The van der Waals surface area contributed by atoms with Gasteiger partial charge in [-0.25, -0.2) is 0 Å². The largest absolute Gasteiger partial charge is 0.494 e. The molecule has 0 bridgehead atoms. The average Bonchev–Trinajstić information content (AvgIpc) is 2.61. The number of rotatable bonds is 14. The fourth-order valence-corrected chi connectivity index (χ4v) is 2.49. The molecule has 0 saturated carbocycles. The molecule has 1 aromatic carbocycles. The molecule has 0 aliphatic rings. The van der Waals surface area contributed by atoms with Crippen molar-refractivity contribution >= 4 is 5.91 Å². The Labute approximate surface area is 146 Å². The number of aliphatic hydroxyl groups excluding tert-OH is 1. The van der Waals surface area contributed by atoms with E-state index < -0.39 is 0 Å². The first-order valence-corrected chi connectivity index (χ1v) is 9.40. The van der Waals surface area contributed by atoms with E-state index in [9.17, 15) is 4.79 Å². The summed E-state index contributed by atoms with van der Waals surface area (Å²) in [6, 6.07) is 7.33. The minimum Gasteiger partial charge on any atom is -0.494 e. The lowest BCUT2D eigenvalue weighted by Gasteiger charge is -2.08. The van der Waals surface area contributed by atoms with E-state index in [2.05, 4.69) is 12.2 Å². The fraction of sp³-hybridized carbons (Fsp3) is 0.650. The molecule has 0 fully saturated rings. The van der Waals surface area contributed by atoms with Gasteiger partial charge in [0.25, 0.3) is 5.91 Å². The van der Waals surface area contributed by atoms with Gasteiger partial charge in [-0.15, -0.1) is 0 Å². The van der Waals surface area contributed by atoms with Crippen molar-refractivity contribution in [3.8, 4) is 5.75 Å². The SMILES string of the molecule is CCCCCCCCOc1ccc(C(=O)NCCCCCO)cc1. The summed E-state index contributed by atoms with van der Waals surface area (Å²) in [5.74, 6) is 0.768. The molecule has 1 rings (SSSR count). The van der Waals surface area contributed by atoms with Gasteiger partial charge in [0.05, 0.1) is 6.61 Å². The number of unbranched alkanes of at least 4 members (excludes halogenated alkanes) is 7. The van der Waals surface area contributed by atoms with E-state index in [0.29, 0.717) is 12.1 Å². The summed E-state index contributed by atoms with van der Waals surface area (Å²) in [5, 5.41) is 11.6. The monoisotopic (exact) mass is 335 g/mol. The Kier molecular flexibility index (Phi) is 11.8. The maximum Gasteiger partial charge on any atom is 0.251 e. The predicted octanol–water partition coefficient (Wildman–Crippen LogP) is 4.32. The molecule has 0 heterocycles. The second-order valence-corrected chi connectivity index (χ2v) is 6.18. The minimum absolute atomic E-state index is 0.0542. The van der Waals surface area contributed by atoms with E-state index in [4.69, 9.17) is 9.84 Å². The highest BCUT2D eigenvalue weighted by Gasteiger charge is 2.04. The van der Waals surface area contributed by atoms with Crippen molar-refractivity contribution < 1.29 is 14.6 Å². The summed E-state index contributed by atoms with van der Waals surface area (Å²) in [6.07, 6.45) is 10.1. The minimum atomic E-state index is -0.0542. The molecule has 4 heteroatoms. The molecular formula is C20H33NO3. The Morgan fingerprint density at radius 1 is 0.958 bits per heavy atom. The van der Waals surface area contributed by atoms with E-state index in [-0.39, 0.29) is 12.5 Å². The van der Waals surface area contributed by atoms with Crippen LogP contribution >= 0.6 is 0 Å². The van der Waals surface area contributed by atoms with Crippen molar-refractivity contribution in [1.82, 2.24) is 5.32 Å². The van der Waals surface area contributed by atoms with Crippen LogP contribution in [0.3, 0.4) is 0 Å². The highest BCUT2D eigenvalue weighted by Crippen LogP contribution is 2.13. The molecule has 24 heavy (non-hydrogen) atoms. The molecule has 1 aromatic rings. The van der Waals surface area contributed by atoms with Gasteiger partial charge in [-0.1, -0.05) is 39.0 Å². The summed E-state index contributed by atoms with van der Waals surface area (Å²) in [6.45, 7) is 3.83. The standard InChI is InChI=1S/C20H33NO3/c1-2-3-4-5-6-10-17-24-19-13-11-18(12-14-19)20(23)21-15-8-7-9-16-22/h11-14,22H,2-10,15-17H2,1H3,(H,21,23). The number of benzene rings is 1. The average molecular weight is 335 g/mol. The maximum absolute atomic E-state index is 12.0. The van der Waals surface area contributed by atoms with Gasteiger partial charge in [-0.2, -0.15) is 0 Å². The van der Waals surface area contributed by atoms with Gasteiger partial charge >= 0.3 is 0 Å². The molecule has 4 nitrogen and oxygen atoms in total. The quantitative estimate of drug-likeness (QED) is 0.498. The zero-order valence-corrected chi connectivity index (χ0v) is 15.1. The van der Waals surface area contributed by atoms with E-state index in [0.717, 1.165) is 38.0 Å². The molecule has 0 aliphatic carbocycles. The van der Waals surface area contributed by atoms with Gasteiger partial charge in [-0.3, -0.25) is 4.79 Å². The zero-order chi connectivity index (χ0) is 17.5. The summed E-state index contributed by atoms with van der Waals surface area (Å²) >= 11 is 0. The number of hydrogen-bond acceptors (Lipinski definition) is 3. The first-order chi connectivity index (χ1) is 11.8. The van der Waals surface area contributed by atoms with Gasteiger partial charge in [0.2, 0.25) is 0 Å². The Morgan fingerprint density at radius 3 is 2.33 bits per heavy atom. The lowest BCUT2D eigenvalue weighted by Crippen LogP contribution is -2.24. The van der Waals surface area contributed by atoms with Crippen LogP contribution in [0.4, 0.5) is 0 Å². The smallest absolute Gasteiger partial charge is 0.251 e. The number of carbonyl (C=O) groups is 1. The summed E-state index contributed by atoms with van der Waals surface area (Å²) in [4.78, 5) is 12.0. The van der Waals surface area contributed by atoms with E-state index in [1.807, 2.05) is 12.1 Å². The van der Waals surface area contributed by atoms with E-state index >= 15 is 0 Å². The molecule has 136 valence electrons. The maximum atomic E-state index is 12.0. The van der Waals surface area contributed by atoms with Crippen LogP contribution in [0.1, 0.15) is 75.1 Å². The Morgan fingerprint density at radius 2 is 1.62 bits per heavy atom. The van der Waals surface area contributed by atoms with Crippen LogP contribution in [-0.2, 0) is 0 Å². The van der Waals surface area contributed by atoms with Crippen molar-refractivity contribution in [3.63, 3.8) is 0 Å². The highest BCUT2D eigenvalue weighted by atomic mass is 16.5. The van der Waals surface area contributed by atoms with Crippen molar-refractivity contribution in [2.24, 2.45) is 0 Å². The van der Waals surface area contributed by atoms with Crippen molar-refractivity contribution in [3.05, 3.63) is 29.8 Å². The molecule has 1 amide bonds. The first-order valence-electron chi connectivity index (χ1n) is 9.40. The van der Waals surface area contributed by atoms with Crippen molar-refractivity contribution in [2.45, 2.75) is 64.7 Å². The summed E-state index contributed by atoms with van der Waals surface area (Å²) < 4.78 is 5.72. The van der Waals surface area contributed by atoms with Crippen LogP contribution in [0.2, 0.25) is 0 Å². The third-order valence-corrected chi connectivity index (χ3v) is 4.00. The Hall–Kier alpha value is -1.55. The van der Waals surface area contributed by atoms with Gasteiger partial charge < -0.3 is 15.2 Å². The molecule has 0 aromatic heterocycles. The van der Waals surface area contributed by atoms with Crippen LogP contribution in [0, 0.1) is 0 Å². The van der Waals surface area contributed by atoms with Crippen LogP contribution in [0.5, 0.6) is 5.75 Å². The van der Waals surface area contributed by atoms with Crippen molar-refractivity contribution in [2.75, 3.05) is 19.8 Å². The molecule has 0 unspecified atom stereocenters. The van der Waals surface area contributed by atoms with Crippen LogP contribution < -0.4 is 10.1 Å². The number of aliphatic hydroxyl groups is 1. The third-order valence-electron chi connectivity index (χ3n) is 4.00. The van der Waals surface area contributed by atoms with Gasteiger partial charge in [0.15, 0.2) is 0 Å². The lowest BCUT2D eigenvalue weighted by atomic mass is 10.1. The third kappa shape index (κ3) is 9.56. The van der Waals surface area contributed by atoms with Gasteiger partial charge in [-0.05, 0) is 49.9 Å². The fourth-order valence-electron chi connectivity index (χ4n) is 2.49. The zero-order valence-electron chi connectivity index (χ0n) is 15.1. The molecule has 0 radical (unpaired) electrons. The second-order valence-electron chi connectivity index (χ2n) is 6.18. The number of ether oxygens (including phenoxy) is 1. The van der Waals surface area contributed by atoms with Crippen LogP contribution in [0.25, 0.3) is 0 Å². The van der Waals surface area contributed by atoms with Crippen LogP contribution in [-0.4, -0.2) is 30.8 Å². The number of carbonyl (C=O) groups excluding carboxylic acids is 1. The molecule has 0 atom stereocenters. The van der Waals surface area contributed by atoms with Crippen LogP contribution in [0.15, 0.2) is 24.3 Å². The lowest BCUT2D eigenvalue weighted by molar-refractivity contribution is 0.0953. The topological polar surface area (TPSA) is 58.6 Å². The normalized spacial score (nSPS) is 10.6. The van der Waals surface area contributed by atoms with Gasteiger partial charge in [0.1, 0.15) is 5.75 Å². The van der Waals surface area contributed by atoms with Gasteiger partial charge in [0, 0.05) is 18.7 Å². The molecular weight excluding hydrogens is 302 g/mol. The van der Waals surface area contributed by atoms with E-state index in [1.54, 1.807) is 12.1 Å². The predicted molar refractivity (Wildman–Crippen MR) is 98.6 cm³/mol. The van der Waals surface area contributed by atoms with Crippen molar-refractivity contribution in [1.29, 1.82) is 0 Å².